The van der Waals surface area contributed by atoms with Gasteiger partial charge in [-0.15, -0.1) is 0 Å². The van der Waals surface area contributed by atoms with Crippen molar-refractivity contribution >= 4 is 0 Å². The molecular weight excluding hydrogens is 167 g/mol. The Morgan fingerprint density at radius 2 is 1.83 bits per heavy atom. The molecule has 4 heteroatoms. The average molecular weight is 175 g/mol. The number of nitrogens with two attached hydrogens (primary N) is 1. The third-order valence-corrected chi connectivity index (χ3v) is 1.73. The van der Waals surface area contributed by atoms with Gasteiger partial charge in [0.1, 0.15) is 0 Å². The van der Waals surface area contributed by atoms with Gasteiger partial charge >= 0.3 is 0 Å². The zero-order valence-electron chi connectivity index (χ0n) is 6.50. The Morgan fingerprint density at radius 1 is 1.25 bits per heavy atom. The Hall–Kier alpha value is -1.03. The highest BCUT2D eigenvalue weighted by atomic mass is 19.2. The van der Waals surface area contributed by atoms with E-state index in [0.29, 0.717) is 0 Å². The summed E-state index contributed by atoms with van der Waals surface area (Å²) in [7, 11) is 0. The molecule has 0 bridgehead atoms. The minimum atomic E-state index is -1.44. The summed E-state index contributed by atoms with van der Waals surface area (Å²) < 4.78 is 37.8. The topological polar surface area (TPSA) is 26.0 Å². The predicted molar refractivity (Wildman–Crippen MR) is 38.9 cm³/mol. The van der Waals surface area contributed by atoms with E-state index in [1.807, 2.05) is 0 Å². The van der Waals surface area contributed by atoms with Crippen LogP contribution >= 0.6 is 0 Å². The van der Waals surface area contributed by atoms with Crippen LogP contribution in [0.15, 0.2) is 6.07 Å². The van der Waals surface area contributed by atoms with Crippen molar-refractivity contribution in [3.63, 3.8) is 0 Å². The molecule has 0 aromatic heterocycles. The van der Waals surface area contributed by atoms with Crippen LogP contribution in [0.2, 0.25) is 0 Å². The summed E-state index contributed by atoms with van der Waals surface area (Å²) in [6, 6.07) is 0.910. The lowest BCUT2D eigenvalue weighted by Crippen LogP contribution is -2.04. The fourth-order valence-corrected chi connectivity index (χ4v) is 0.947. The Bertz CT molecular complexity index is 310. The molecule has 1 rings (SSSR count). The molecule has 2 N–H and O–H groups in total. The van der Waals surface area contributed by atoms with E-state index < -0.39 is 17.5 Å². The van der Waals surface area contributed by atoms with E-state index in [1.165, 1.54) is 6.92 Å². The summed E-state index contributed by atoms with van der Waals surface area (Å²) >= 11 is 0. The number of rotatable bonds is 1. The first kappa shape index (κ1) is 9.06. The zero-order chi connectivity index (χ0) is 9.30. The smallest absolute Gasteiger partial charge is 0.194 e. The van der Waals surface area contributed by atoms with Crippen molar-refractivity contribution in [3.8, 4) is 0 Å². The average Bonchev–Trinajstić information content (AvgIpc) is 2.08. The van der Waals surface area contributed by atoms with Crippen LogP contribution in [0.1, 0.15) is 11.1 Å². The highest BCUT2D eigenvalue weighted by Crippen LogP contribution is 2.18. The third kappa shape index (κ3) is 1.30. The second kappa shape index (κ2) is 3.15. The van der Waals surface area contributed by atoms with Crippen molar-refractivity contribution in [2.45, 2.75) is 13.5 Å². The van der Waals surface area contributed by atoms with Gasteiger partial charge in [-0.25, -0.2) is 13.2 Å². The molecule has 0 saturated carbocycles. The Kier molecular flexibility index (Phi) is 2.38. The first-order valence-electron chi connectivity index (χ1n) is 3.41. The van der Waals surface area contributed by atoms with Gasteiger partial charge in [-0.3, -0.25) is 0 Å². The van der Waals surface area contributed by atoms with E-state index in [9.17, 15) is 13.2 Å². The van der Waals surface area contributed by atoms with Gasteiger partial charge in [0.05, 0.1) is 0 Å². The van der Waals surface area contributed by atoms with Crippen LogP contribution in [0.4, 0.5) is 13.2 Å². The fourth-order valence-electron chi connectivity index (χ4n) is 0.947. The number of hydrogen-bond acceptors (Lipinski definition) is 1. The summed E-state index contributed by atoms with van der Waals surface area (Å²) in [6.07, 6.45) is 0. The van der Waals surface area contributed by atoms with E-state index in [0.717, 1.165) is 6.07 Å². The molecule has 0 spiro atoms. The highest BCUT2D eigenvalue weighted by molar-refractivity contribution is 5.28. The van der Waals surface area contributed by atoms with Gasteiger partial charge in [-0.1, -0.05) is 0 Å². The van der Waals surface area contributed by atoms with Crippen LogP contribution < -0.4 is 5.73 Å². The van der Waals surface area contributed by atoms with E-state index in [1.54, 1.807) is 0 Å². The van der Waals surface area contributed by atoms with E-state index in [-0.39, 0.29) is 17.7 Å². The van der Waals surface area contributed by atoms with E-state index in [4.69, 9.17) is 5.73 Å². The standard InChI is InChI=1S/C8H8F3N/c1-4-5(3-12)2-6(9)8(11)7(4)10/h2H,3,12H2,1H3. The monoisotopic (exact) mass is 175 g/mol. The van der Waals surface area contributed by atoms with Crippen molar-refractivity contribution in [2.24, 2.45) is 5.73 Å². The summed E-state index contributed by atoms with van der Waals surface area (Å²) in [6.45, 7) is 1.36. The molecule has 0 amide bonds. The summed E-state index contributed by atoms with van der Waals surface area (Å²) in [4.78, 5) is 0. The molecule has 1 aromatic rings. The van der Waals surface area contributed by atoms with Crippen molar-refractivity contribution in [3.05, 3.63) is 34.6 Å². The summed E-state index contributed by atoms with van der Waals surface area (Å²) in [5, 5.41) is 0. The van der Waals surface area contributed by atoms with Crippen molar-refractivity contribution in [1.29, 1.82) is 0 Å². The molecule has 0 saturated heterocycles. The minimum Gasteiger partial charge on any atom is -0.326 e. The molecule has 1 aromatic carbocycles. The Morgan fingerprint density at radius 3 is 2.33 bits per heavy atom. The Labute approximate surface area is 68.0 Å². The second-order valence-electron chi connectivity index (χ2n) is 2.47. The minimum absolute atomic E-state index is 0.0000463. The predicted octanol–water partition coefficient (Wildman–Crippen LogP) is 1.87. The van der Waals surface area contributed by atoms with Crippen molar-refractivity contribution < 1.29 is 13.2 Å². The molecule has 0 aliphatic heterocycles. The lowest BCUT2D eigenvalue weighted by molar-refractivity contribution is 0.441. The van der Waals surface area contributed by atoms with Crippen molar-refractivity contribution in [2.75, 3.05) is 0 Å². The van der Waals surface area contributed by atoms with Crippen molar-refractivity contribution in [1.82, 2.24) is 0 Å². The summed E-state index contributed by atoms with van der Waals surface area (Å²) in [5.41, 5.74) is 5.53. The summed E-state index contributed by atoms with van der Waals surface area (Å²) in [5.74, 6) is -3.79. The number of hydrogen-bond donors (Lipinski definition) is 1. The maximum Gasteiger partial charge on any atom is 0.194 e. The second-order valence-corrected chi connectivity index (χ2v) is 2.47. The Balaban J connectivity index is 3.39. The molecule has 0 radical (unpaired) electrons. The molecule has 0 fully saturated rings. The molecule has 0 unspecified atom stereocenters. The molecule has 0 aliphatic carbocycles. The fraction of sp³-hybridized carbons (Fsp3) is 0.250. The van der Waals surface area contributed by atoms with Crippen LogP contribution in [0.5, 0.6) is 0 Å². The molecule has 0 aliphatic rings. The molecule has 1 nitrogen and oxygen atoms in total. The lowest BCUT2D eigenvalue weighted by Gasteiger charge is -2.05. The van der Waals surface area contributed by atoms with Gasteiger partial charge in [0.15, 0.2) is 17.5 Å². The van der Waals surface area contributed by atoms with Gasteiger partial charge in [0.2, 0.25) is 0 Å². The van der Waals surface area contributed by atoms with E-state index in [2.05, 4.69) is 0 Å². The SMILES string of the molecule is Cc1c(CN)cc(F)c(F)c1F. The molecular formula is C8H8F3N. The van der Waals surface area contributed by atoms with Gasteiger partial charge in [0.25, 0.3) is 0 Å². The first-order valence-corrected chi connectivity index (χ1v) is 3.41. The van der Waals surface area contributed by atoms with Crippen LogP contribution in [0, 0.1) is 24.4 Å². The van der Waals surface area contributed by atoms with Crippen LogP contribution in [-0.4, -0.2) is 0 Å². The maximum absolute atomic E-state index is 12.8. The van der Waals surface area contributed by atoms with Crippen LogP contribution in [-0.2, 0) is 6.54 Å². The quantitative estimate of drug-likeness (QED) is 0.648. The molecule has 66 valence electrons. The zero-order valence-corrected chi connectivity index (χ0v) is 6.50. The lowest BCUT2D eigenvalue weighted by atomic mass is 10.1. The molecule has 0 atom stereocenters. The normalized spacial score (nSPS) is 10.4. The third-order valence-electron chi connectivity index (χ3n) is 1.73. The largest absolute Gasteiger partial charge is 0.326 e. The first-order chi connectivity index (χ1) is 5.57. The maximum atomic E-state index is 12.8. The van der Waals surface area contributed by atoms with Gasteiger partial charge < -0.3 is 5.73 Å². The van der Waals surface area contributed by atoms with Crippen LogP contribution in [0.3, 0.4) is 0 Å². The number of halogens is 3. The van der Waals surface area contributed by atoms with Gasteiger partial charge in [-0.2, -0.15) is 0 Å². The highest BCUT2D eigenvalue weighted by Gasteiger charge is 2.14. The van der Waals surface area contributed by atoms with E-state index >= 15 is 0 Å². The number of benzene rings is 1. The molecule has 0 heterocycles. The van der Waals surface area contributed by atoms with Gasteiger partial charge in [-0.05, 0) is 24.1 Å². The van der Waals surface area contributed by atoms with Gasteiger partial charge in [0, 0.05) is 6.54 Å². The molecule has 12 heavy (non-hydrogen) atoms. The van der Waals surface area contributed by atoms with Crippen LogP contribution in [0.25, 0.3) is 0 Å².